The Morgan fingerprint density at radius 3 is 2.42 bits per heavy atom. The molecular formula is C24H22N4O3. The van der Waals surface area contributed by atoms with E-state index in [0.717, 1.165) is 29.8 Å². The summed E-state index contributed by atoms with van der Waals surface area (Å²) in [5, 5.41) is 17.3. The van der Waals surface area contributed by atoms with E-state index in [4.69, 9.17) is 16.9 Å². The summed E-state index contributed by atoms with van der Waals surface area (Å²) in [6.07, 6.45) is 0.830. The van der Waals surface area contributed by atoms with Crippen molar-refractivity contribution in [1.82, 2.24) is 0 Å². The number of hydrogen-bond donors (Lipinski definition) is 4. The standard InChI is InChI=1S/C24H22N4O3/c25-22(26)15-7-8-21-14(11-15)9-10-28(21)13-17-6-5-16(23(27)29)12-20(17)18-3-1-2-4-19(18)24(30)31/h1-8,11-12H,9-10,13H2,(H3,25,26)(H2,27,29)(H,30,31). The maximum Gasteiger partial charge on any atom is 0.336 e. The third-order valence-electron chi connectivity index (χ3n) is 5.59. The number of carboxylic acid groups (broad SMARTS) is 1. The summed E-state index contributed by atoms with van der Waals surface area (Å²) in [7, 11) is 0. The van der Waals surface area contributed by atoms with Crippen molar-refractivity contribution in [2.24, 2.45) is 11.5 Å². The molecule has 0 aromatic heterocycles. The molecule has 1 amide bonds. The number of amidine groups is 1. The number of carboxylic acids is 1. The lowest BCUT2D eigenvalue weighted by Gasteiger charge is -2.22. The summed E-state index contributed by atoms with van der Waals surface area (Å²) in [5.74, 6) is -1.56. The summed E-state index contributed by atoms with van der Waals surface area (Å²) in [6, 6.07) is 17.6. The van der Waals surface area contributed by atoms with Gasteiger partial charge >= 0.3 is 5.97 Å². The van der Waals surface area contributed by atoms with Crippen molar-refractivity contribution in [3.8, 4) is 11.1 Å². The average Bonchev–Trinajstić information content (AvgIpc) is 3.15. The molecule has 3 aromatic carbocycles. The van der Waals surface area contributed by atoms with Crippen LogP contribution in [0.2, 0.25) is 0 Å². The number of anilines is 1. The van der Waals surface area contributed by atoms with Gasteiger partial charge in [0, 0.05) is 29.9 Å². The average molecular weight is 414 g/mol. The first-order valence-electron chi connectivity index (χ1n) is 9.83. The minimum Gasteiger partial charge on any atom is -0.478 e. The van der Waals surface area contributed by atoms with Crippen LogP contribution in [0.4, 0.5) is 5.69 Å². The second-order valence-electron chi connectivity index (χ2n) is 7.52. The van der Waals surface area contributed by atoms with Gasteiger partial charge in [0.2, 0.25) is 5.91 Å². The van der Waals surface area contributed by atoms with Gasteiger partial charge < -0.3 is 21.5 Å². The van der Waals surface area contributed by atoms with E-state index in [1.165, 1.54) is 0 Å². The first-order valence-corrected chi connectivity index (χ1v) is 9.83. The van der Waals surface area contributed by atoms with Crippen LogP contribution in [0.5, 0.6) is 0 Å². The summed E-state index contributed by atoms with van der Waals surface area (Å²) in [4.78, 5) is 25.8. The first kappa shape index (κ1) is 20.2. The van der Waals surface area contributed by atoms with Crippen LogP contribution in [-0.4, -0.2) is 29.4 Å². The second-order valence-corrected chi connectivity index (χ2v) is 7.52. The normalized spacial score (nSPS) is 12.5. The number of carbonyl (C=O) groups is 2. The number of primary amides is 1. The Labute approximate surface area is 179 Å². The highest BCUT2D eigenvalue weighted by molar-refractivity contribution is 5.99. The molecule has 0 saturated heterocycles. The molecule has 7 nitrogen and oxygen atoms in total. The number of nitrogens with two attached hydrogens (primary N) is 2. The van der Waals surface area contributed by atoms with E-state index in [-0.39, 0.29) is 11.4 Å². The number of rotatable bonds is 6. The predicted molar refractivity (Wildman–Crippen MR) is 120 cm³/mol. The lowest BCUT2D eigenvalue weighted by Crippen LogP contribution is -2.21. The van der Waals surface area contributed by atoms with Crippen LogP contribution in [0.1, 0.15) is 37.4 Å². The van der Waals surface area contributed by atoms with Gasteiger partial charge in [0.1, 0.15) is 5.84 Å². The fourth-order valence-corrected chi connectivity index (χ4v) is 4.03. The fraction of sp³-hybridized carbons (Fsp3) is 0.125. The largest absolute Gasteiger partial charge is 0.478 e. The number of hydrogen-bond acceptors (Lipinski definition) is 4. The Kier molecular flexibility index (Phi) is 5.17. The van der Waals surface area contributed by atoms with Gasteiger partial charge in [-0.2, -0.15) is 0 Å². The molecule has 0 aliphatic carbocycles. The van der Waals surface area contributed by atoms with E-state index in [2.05, 4.69) is 4.90 Å². The van der Waals surface area contributed by atoms with Crippen molar-refractivity contribution in [1.29, 1.82) is 5.41 Å². The summed E-state index contributed by atoms with van der Waals surface area (Å²) in [6.45, 7) is 1.32. The number of amides is 1. The lowest BCUT2D eigenvalue weighted by atomic mass is 9.93. The third kappa shape index (κ3) is 3.85. The van der Waals surface area contributed by atoms with Crippen LogP contribution in [0.3, 0.4) is 0 Å². The van der Waals surface area contributed by atoms with E-state index in [0.29, 0.717) is 28.8 Å². The number of benzene rings is 3. The van der Waals surface area contributed by atoms with Crippen molar-refractivity contribution < 1.29 is 14.7 Å². The molecular weight excluding hydrogens is 392 g/mol. The van der Waals surface area contributed by atoms with E-state index < -0.39 is 11.9 Å². The van der Waals surface area contributed by atoms with E-state index in [9.17, 15) is 14.7 Å². The van der Waals surface area contributed by atoms with E-state index in [1.54, 1.807) is 36.4 Å². The fourth-order valence-electron chi connectivity index (χ4n) is 4.03. The zero-order chi connectivity index (χ0) is 22.1. The van der Waals surface area contributed by atoms with Crippen LogP contribution >= 0.6 is 0 Å². The molecule has 0 radical (unpaired) electrons. The Bertz CT molecular complexity index is 1220. The van der Waals surface area contributed by atoms with Gasteiger partial charge in [0.25, 0.3) is 0 Å². The molecule has 0 fully saturated rings. The van der Waals surface area contributed by atoms with Crippen LogP contribution < -0.4 is 16.4 Å². The van der Waals surface area contributed by atoms with Crippen molar-refractivity contribution in [3.63, 3.8) is 0 Å². The topological polar surface area (TPSA) is 134 Å². The molecule has 0 atom stereocenters. The molecule has 31 heavy (non-hydrogen) atoms. The predicted octanol–water partition coefficient (Wildman–Crippen LogP) is 3.00. The summed E-state index contributed by atoms with van der Waals surface area (Å²) in [5.41, 5.74) is 16.6. The lowest BCUT2D eigenvalue weighted by molar-refractivity contribution is 0.0697. The zero-order valence-corrected chi connectivity index (χ0v) is 16.8. The first-order chi connectivity index (χ1) is 14.8. The molecule has 0 bridgehead atoms. The van der Waals surface area contributed by atoms with Crippen LogP contribution in [0.15, 0.2) is 60.7 Å². The molecule has 1 heterocycles. The molecule has 3 aromatic rings. The van der Waals surface area contributed by atoms with Gasteiger partial charge in [-0.05, 0) is 65.1 Å². The van der Waals surface area contributed by atoms with Gasteiger partial charge in [-0.15, -0.1) is 0 Å². The maximum absolute atomic E-state index is 11.8. The van der Waals surface area contributed by atoms with Crippen molar-refractivity contribution in [2.75, 3.05) is 11.4 Å². The van der Waals surface area contributed by atoms with E-state index in [1.807, 2.05) is 24.3 Å². The van der Waals surface area contributed by atoms with Gasteiger partial charge in [-0.25, -0.2) is 4.79 Å². The van der Waals surface area contributed by atoms with Crippen molar-refractivity contribution in [3.05, 3.63) is 88.5 Å². The van der Waals surface area contributed by atoms with Gasteiger partial charge in [-0.3, -0.25) is 10.2 Å². The minimum absolute atomic E-state index is 0.0378. The number of nitrogens with one attached hydrogen (secondary N) is 1. The highest BCUT2D eigenvalue weighted by Gasteiger charge is 2.22. The second kappa shape index (κ2) is 7.95. The van der Waals surface area contributed by atoms with Gasteiger partial charge in [0.05, 0.1) is 5.56 Å². The maximum atomic E-state index is 11.8. The number of aromatic carboxylic acids is 1. The van der Waals surface area contributed by atoms with Gasteiger partial charge in [0.15, 0.2) is 0 Å². The Morgan fingerprint density at radius 2 is 1.71 bits per heavy atom. The minimum atomic E-state index is -1.03. The van der Waals surface area contributed by atoms with Crippen LogP contribution in [0.25, 0.3) is 11.1 Å². The molecule has 0 unspecified atom stereocenters. The third-order valence-corrected chi connectivity index (χ3v) is 5.59. The molecule has 6 N–H and O–H groups in total. The van der Waals surface area contributed by atoms with Crippen LogP contribution in [0, 0.1) is 5.41 Å². The van der Waals surface area contributed by atoms with Crippen molar-refractivity contribution >= 4 is 23.4 Å². The molecule has 7 heteroatoms. The number of nitrogen functional groups attached to an aromatic ring is 1. The summed E-state index contributed by atoms with van der Waals surface area (Å²) >= 11 is 0. The van der Waals surface area contributed by atoms with Crippen molar-refractivity contribution in [2.45, 2.75) is 13.0 Å². The highest BCUT2D eigenvalue weighted by atomic mass is 16.4. The molecule has 156 valence electrons. The highest BCUT2D eigenvalue weighted by Crippen LogP contribution is 2.34. The SMILES string of the molecule is N=C(N)c1ccc2c(c1)CCN2Cc1ccc(C(N)=O)cc1-c1ccccc1C(=O)O. The molecule has 1 aliphatic heterocycles. The molecule has 1 aliphatic rings. The zero-order valence-electron chi connectivity index (χ0n) is 16.8. The molecule has 0 saturated carbocycles. The molecule has 0 spiro atoms. The Morgan fingerprint density at radius 1 is 0.968 bits per heavy atom. The monoisotopic (exact) mass is 414 g/mol. The smallest absolute Gasteiger partial charge is 0.336 e. The number of nitrogens with zero attached hydrogens (tertiary/aromatic N) is 1. The Hall–Kier alpha value is -4.13. The molecule has 4 rings (SSSR count). The quantitative estimate of drug-likeness (QED) is 0.363. The Balaban J connectivity index is 1.77. The number of fused-ring (bicyclic) bond motifs is 1. The van der Waals surface area contributed by atoms with E-state index >= 15 is 0 Å². The summed E-state index contributed by atoms with van der Waals surface area (Å²) < 4.78 is 0. The van der Waals surface area contributed by atoms with Gasteiger partial charge in [-0.1, -0.05) is 24.3 Å². The van der Waals surface area contributed by atoms with Crippen LogP contribution in [-0.2, 0) is 13.0 Å². The number of carbonyl (C=O) groups excluding carboxylic acids is 1.